The average molecular weight is 334 g/mol. The third kappa shape index (κ3) is 4.32. The Labute approximate surface area is 141 Å². The summed E-state index contributed by atoms with van der Waals surface area (Å²) >= 11 is 0. The Morgan fingerprint density at radius 3 is 2.71 bits per heavy atom. The maximum Gasteiger partial charge on any atom is 0.249 e. The molecule has 6 heteroatoms. The number of hydrogen-bond acceptors (Lipinski definition) is 3. The number of likely N-dealkylation sites (tertiary alicyclic amines) is 1. The van der Waals surface area contributed by atoms with Gasteiger partial charge in [0.15, 0.2) is 0 Å². The molecule has 0 radical (unpaired) electrons. The van der Waals surface area contributed by atoms with Crippen LogP contribution >= 0.6 is 0 Å². The van der Waals surface area contributed by atoms with E-state index in [0.29, 0.717) is 25.3 Å². The molecule has 24 heavy (non-hydrogen) atoms. The fourth-order valence-electron chi connectivity index (χ4n) is 3.29. The molecule has 0 aromatic heterocycles. The molecule has 0 bridgehead atoms. The monoisotopic (exact) mass is 334 g/mol. The summed E-state index contributed by atoms with van der Waals surface area (Å²) in [6.07, 6.45) is 3.12. The van der Waals surface area contributed by atoms with Crippen LogP contribution in [0.15, 0.2) is 24.3 Å². The van der Waals surface area contributed by atoms with Gasteiger partial charge in [-0.25, -0.2) is 4.39 Å². The van der Waals surface area contributed by atoms with E-state index in [-0.39, 0.29) is 36.2 Å². The Morgan fingerprint density at radius 2 is 2.04 bits per heavy atom. The fraction of sp³-hybridized carbons (Fsp3) is 0.556. The fourth-order valence-corrected chi connectivity index (χ4v) is 3.29. The normalized spacial score (nSPS) is 21.7. The van der Waals surface area contributed by atoms with E-state index in [1.807, 2.05) is 0 Å². The van der Waals surface area contributed by atoms with Crippen LogP contribution in [0.4, 0.5) is 4.39 Å². The number of amides is 2. The summed E-state index contributed by atoms with van der Waals surface area (Å²) in [5.41, 5.74) is 0.689. The zero-order valence-electron chi connectivity index (χ0n) is 13.7. The minimum absolute atomic E-state index is 0.00417. The second kappa shape index (κ2) is 7.75. The first kappa shape index (κ1) is 16.9. The Bertz CT molecular complexity index is 594. The summed E-state index contributed by atoms with van der Waals surface area (Å²) in [6.45, 7) is 1.89. The standard InChI is InChI=1S/C18H23FN2O3/c19-14-4-1-3-13(11-14)12-17(22)21-8-6-15(7-9-21)20-18(23)16-5-2-10-24-16/h1,3-4,11,15-16H,2,5-10,12H2,(H,20,23). The van der Waals surface area contributed by atoms with Gasteiger partial charge in [0, 0.05) is 25.7 Å². The predicted octanol–water partition coefficient (Wildman–Crippen LogP) is 1.65. The number of piperidine rings is 1. The molecule has 2 aliphatic rings. The molecule has 2 heterocycles. The van der Waals surface area contributed by atoms with Gasteiger partial charge in [-0.05, 0) is 43.4 Å². The van der Waals surface area contributed by atoms with Crippen molar-refractivity contribution in [1.82, 2.24) is 10.2 Å². The molecule has 1 aromatic rings. The highest BCUT2D eigenvalue weighted by atomic mass is 19.1. The summed E-state index contributed by atoms with van der Waals surface area (Å²) in [4.78, 5) is 26.2. The average Bonchev–Trinajstić information content (AvgIpc) is 3.10. The van der Waals surface area contributed by atoms with Crippen molar-refractivity contribution in [3.05, 3.63) is 35.6 Å². The molecule has 1 unspecified atom stereocenters. The molecular formula is C18H23FN2O3. The van der Waals surface area contributed by atoms with E-state index in [4.69, 9.17) is 4.74 Å². The summed E-state index contributed by atoms with van der Waals surface area (Å²) in [7, 11) is 0. The smallest absolute Gasteiger partial charge is 0.249 e. The van der Waals surface area contributed by atoms with E-state index >= 15 is 0 Å². The van der Waals surface area contributed by atoms with E-state index < -0.39 is 0 Å². The van der Waals surface area contributed by atoms with Gasteiger partial charge in [0.05, 0.1) is 6.42 Å². The van der Waals surface area contributed by atoms with Crippen molar-refractivity contribution in [2.45, 2.75) is 44.2 Å². The second-order valence-corrected chi connectivity index (χ2v) is 6.47. The van der Waals surface area contributed by atoms with Crippen LogP contribution in [0.1, 0.15) is 31.2 Å². The lowest BCUT2D eigenvalue weighted by Gasteiger charge is -2.33. The molecule has 3 rings (SSSR count). The van der Waals surface area contributed by atoms with E-state index in [9.17, 15) is 14.0 Å². The quantitative estimate of drug-likeness (QED) is 0.911. The van der Waals surface area contributed by atoms with Gasteiger partial charge in [0.25, 0.3) is 0 Å². The van der Waals surface area contributed by atoms with Crippen molar-refractivity contribution in [1.29, 1.82) is 0 Å². The van der Waals surface area contributed by atoms with Crippen molar-refractivity contribution in [3.63, 3.8) is 0 Å². The minimum Gasteiger partial charge on any atom is -0.368 e. The molecule has 130 valence electrons. The molecule has 2 aliphatic heterocycles. The zero-order valence-corrected chi connectivity index (χ0v) is 13.7. The molecule has 1 N–H and O–H groups in total. The van der Waals surface area contributed by atoms with E-state index in [2.05, 4.69) is 5.32 Å². The van der Waals surface area contributed by atoms with Gasteiger partial charge in [0.2, 0.25) is 11.8 Å². The summed E-state index contributed by atoms with van der Waals surface area (Å²) in [5, 5.41) is 3.03. The lowest BCUT2D eigenvalue weighted by atomic mass is 10.0. The highest BCUT2D eigenvalue weighted by molar-refractivity contribution is 5.81. The highest BCUT2D eigenvalue weighted by Crippen LogP contribution is 2.16. The maximum absolute atomic E-state index is 13.2. The molecule has 0 aliphatic carbocycles. The van der Waals surface area contributed by atoms with Crippen LogP contribution in [-0.4, -0.2) is 48.6 Å². The van der Waals surface area contributed by atoms with Crippen molar-refractivity contribution in [2.75, 3.05) is 19.7 Å². The van der Waals surface area contributed by atoms with Crippen LogP contribution in [0.2, 0.25) is 0 Å². The van der Waals surface area contributed by atoms with E-state index in [1.165, 1.54) is 12.1 Å². The lowest BCUT2D eigenvalue weighted by molar-refractivity contribution is -0.132. The van der Waals surface area contributed by atoms with Crippen molar-refractivity contribution in [3.8, 4) is 0 Å². The van der Waals surface area contributed by atoms with Crippen molar-refractivity contribution >= 4 is 11.8 Å². The number of nitrogens with one attached hydrogen (secondary N) is 1. The SMILES string of the molecule is O=C(NC1CCN(C(=O)Cc2cccc(F)c2)CC1)C1CCCO1. The van der Waals surface area contributed by atoms with Gasteiger partial charge < -0.3 is 15.0 Å². The molecular weight excluding hydrogens is 311 g/mol. The predicted molar refractivity (Wildman–Crippen MR) is 86.8 cm³/mol. The van der Waals surface area contributed by atoms with Crippen LogP contribution in [0.5, 0.6) is 0 Å². The van der Waals surface area contributed by atoms with Gasteiger partial charge in [0.1, 0.15) is 11.9 Å². The Morgan fingerprint density at radius 1 is 1.25 bits per heavy atom. The van der Waals surface area contributed by atoms with Crippen LogP contribution < -0.4 is 5.32 Å². The first-order chi connectivity index (χ1) is 11.6. The number of halogens is 1. The van der Waals surface area contributed by atoms with Gasteiger partial charge in [-0.2, -0.15) is 0 Å². The van der Waals surface area contributed by atoms with Crippen molar-refractivity contribution in [2.24, 2.45) is 0 Å². The maximum atomic E-state index is 13.2. The van der Waals surface area contributed by atoms with Crippen LogP contribution in [0.25, 0.3) is 0 Å². The van der Waals surface area contributed by atoms with Gasteiger partial charge in [-0.3, -0.25) is 9.59 Å². The highest BCUT2D eigenvalue weighted by Gasteiger charge is 2.28. The van der Waals surface area contributed by atoms with Crippen LogP contribution in [0.3, 0.4) is 0 Å². The molecule has 2 fully saturated rings. The lowest BCUT2D eigenvalue weighted by Crippen LogP contribution is -2.49. The third-order valence-corrected chi connectivity index (χ3v) is 4.66. The van der Waals surface area contributed by atoms with Crippen LogP contribution in [-0.2, 0) is 20.7 Å². The van der Waals surface area contributed by atoms with Gasteiger partial charge in [-0.1, -0.05) is 12.1 Å². The third-order valence-electron chi connectivity index (χ3n) is 4.66. The number of hydrogen-bond donors (Lipinski definition) is 1. The molecule has 0 saturated carbocycles. The number of benzene rings is 1. The molecule has 1 aromatic carbocycles. The Balaban J connectivity index is 1.44. The molecule has 2 saturated heterocycles. The second-order valence-electron chi connectivity index (χ2n) is 6.47. The van der Waals surface area contributed by atoms with Crippen molar-refractivity contribution < 1.29 is 18.7 Å². The number of carbonyl (C=O) groups excluding carboxylic acids is 2. The molecule has 2 amide bonds. The largest absolute Gasteiger partial charge is 0.368 e. The summed E-state index contributed by atoms with van der Waals surface area (Å²) in [5.74, 6) is -0.350. The topological polar surface area (TPSA) is 58.6 Å². The molecule has 0 spiro atoms. The molecule has 5 nitrogen and oxygen atoms in total. The number of carbonyl (C=O) groups is 2. The first-order valence-electron chi connectivity index (χ1n) is 8.56. The Kier molecular flexibility index (Phi) is 5.45. The van der Waals surface area contributed by atoms with E-state index in [1.54, 1.807) is 17.0 Å². The number of rotatable bonds is 4. The van der Waals surface area contributed by atoms with Gasteiger partial charge >= 0.3 is 0 Å². The summed E-state index contributed by atoms with van der Waals surface area (Å²) in [6, 6.07) is 6.24. The number of ether oxygens (including phenoxy) is 1. The summed E-state index contributed by atoms with van der Waals surface area (Å²) < 4.78 is 18.6. The zero-order chi connectivity index (χ0) is 16.9. The molecule has 1 atom stereocenters. The number of nitrogens with zero attached hydrogens (tertiary/aromatic N) is 1. The Hall–Kier alpha value is -1.95. The van der Waals surface area contributed by atoms with Crippen LogP contribution in [0, 0.1) is 5.82 Å². The van der Waals surface area contributed by atoms with E-state index in [0.717, 1.165) is 25.7 Å². The van der Waals surface area contributed by atoms with Gasteiger partial charge in [-0.15, -0.1) is 0 Å². The minimum atomic E-state index is -0.323. The first-order valence-corrected chi connectivity index (χ1v) is 8.56.